The third kappa shape index (κ3) is 6.52. The second kappa shape index (κ2) is 10.6. The van der Waals surface area contributed by atoms with Crippen LogP contribution in [0.5, 0.6) is 11.5 Å². The van der Waals surface area contributed by atoms with Gasteiger partial charge in [-0.1, -0.05) is 18.2 Å². The zero-order valence-electron chi connectivity index (χ0n) is 15.8. The number of rotatable bonds is 11. The molecule has 2 N–H and O–H groups in total. The van der Waals surface area contributed by atoms with E-state index in [1.165, 1.54) is 31.4 Å². The summed E-state index contributed by atoms with van der Waals surface area (Å²) in [6, 6.07) is 13.2. The van der Waals surface area contributed by atoms with Crippen molar-refractivity contribution in [2.45, 2.75) is 11.4 Å². The van der Waals surface area contributed by atoms with Gasteiger partial charge in [0.15, 0.2) is 6.61 Å². The van der Waals surface area contributed by atoms with Gasteiger partial charge in [0.1, 0.15) is 11.5 Å². The molecule has 152 valence electrons. The molecule has 28 heavy (non-hydrogen) atoms. The van der Waals surface area contributed by atoms with Gasteiger partial charge in [0, 0.05) is 25.8 Å². The van der Waals surface area contributed by atoms with Crippen LogP contribution in [0.25, 0.3) is 0 Å². The smallest absolute Gasteiger partial charge is 0.258 e. The Morgan fingerprint density at radius 3 is 2.43 bits per heavy atom. The summed E-state index contributed by atoms with van der Waals surface area (Å²) in [4.78, 5) is 12.1. The summed E-state index contributed by atoms with van der Waals surface area (Å²) in [5, 5.41) is 2.75. The number of carbonyl (C=O) groups excluding carboxylic acids is 1. The minimum absolute atomic E-state index is 0.108. The predicted molar refractivity (Wildman–Crippen MR) is 104 cm³/mol. The molecule has 2 aromatic carbocycles. The molecule has 2 rings (SSSR count). The van der Waals surface area contributed by atoms with Crippen LogP contribution >= 0.6 is 0 Å². The average Bonchev–Trinajstić information content (AvgIpc) is 2.71. The number of benzene rings is 2. The zero-order chi connectivity index (χ0) is 20.4. The molecule has 2 aromatic rings. The van der Waals surface area contributed by atoms with E-state index in [2.05, 4.69) is 10.0 Å². The summed E-state index contributed by atoms with van der Waals surface area (Å²) in [6.07, 6.45) is 0. The Morgan fingerprint density at radius 1 is 1.04 bits per heavy atom. The molecule has 0 saturated heterocycles. The second-order valence-electron chi connectivity index (χ2n) is 5.74. The first-order valence-electron chi connectivity index (χ1n) is 8.56. The van der Waals surface area contributed by atoms with Gasteiger partial charge < -0.3 is 19.5 Å². The van der Waals surface area contributed by atoms with E-state index >= 15 is 0 Å². The number of hydrogen-bond acceptors (Lipinski definition) is 6. The Labute approximate surface area is 164 Å². The molecule has 0 aliphatic heterocycles. The molecule has 8 nitrogen and oxygen atoms in total. The number of para-hydroxylation sites is 1. The lowest BCUT2D eigenvalue weighted by Crippen LogP contribution is -2.28. The highest BCUT2D eigenvalue weighted by Crippen LogP contribution is 2.17. The number of methoxy groups -OCH3 is 2. The van der Waals surface area contributed by atoms with Gasteiger partial charge in [0.05, 0.1) is 18.6 Å². The largest absolute Gasteiger partial charge is 0.496 e. The third-order valence-electron chi connectivity index (χ3n) is 3.77. The third-order valence-corrected chi connectivity index (χ3v) is 5.25. The van der Waals surface area contributed by atoms with Gasteiger partial charge in [-0.3, -0.25) is 4.79 Å². The van der Waals surface area contributed by atoms with Crippen LogP contribution in [0, 0.1) is 0 Å². The van der Waals surface area contributed by atoms with Crippen LogP contribution in [-0.2, 0) is 26.1 Å². The van der Waals surface area contributed by atoms with Crippen LogP contribution in [0.3, 0.4) is 0 Å². The first-order chi connectivity index (χ1) is 13.5. The molecule has 0 bridgehead atoms. The van der Waals surface area contributed by atoms with Crippen LogP contribution in [0.4, 0.5) is 0 Å². The first-order valence-corrected chi connectivity index (χ1v) is 10.0. The van der Waals surface area contributed by atoms with Gasteiger partial charge in [-0.25, -0.2) is 13.1 Å². The normalized spacial score (nSPS) is 11.1. The van der Waals surface area contributed by atoms with Crippen molar-refractivity contribution in [1.29, 1.82) is 0 Å². The van der Waals surface area contributed by atoms with E-state index < -0.39 is 10.0 Å². The predicted octanol–water partition coefficient (Wildman–Crippen LogP) is 1.32. The minimum Gasteiger partial charge on any atom is -0.496 e. The highest BCUT2D eigenvalue weighted by atomic mass is 32.2. The van der Waals surface area contributed by atoms with Crippen molar-refractivity contribution >= 4 is 15.9 Å². The molecule has 0 aliphatic carbocycles. The molecule has 0 saturated carbocycles. The summed E-state index contributed by atoms with van der Waals surface area (Å²) in [6.45, 7) is 0.595. The molecule has 1 amide bonds. The topological polar surface area (TPSA) is 103 Å². The van der Waals surface area contributed by atoms with E-state index in [0.29, 0.717) is 18.0 Å². The molecular weight excluding hydrogens is 384 g/mol. The molecule has 0 heterocycles. The molecule has 0 unspecified atom stereocenters. The fourth-order valence-electron chi connectivity index (χ4n) is 2.32. The molecule has 0 aromatic heterocycles. The van der Waals surface area contributed by atoms with Crippen LogP contribution in [0.15, 0.2) is 53.4 Å². The summed E-state index contributed by atoms with van der Waals surface area (Å²) in [5.41, 5.74) is 0.855. The van der Waals surface area contributed by atoms with Crippen molar-refractivity contribution in [3.63, 3.8) is 0 Å². The van der Waals surface area contributed by atoms with Gasteiger partial charge in [-0.15, -0.1) is 0 Å². The van der Waals surface area contributed by atoms with Crippen LogP contribution in [0.2, 0.25) is 0 Å². The number of ether oxygens (including phenoxy) is 3. The fraction of sp³-hybridized carbons (Fsp3) is 0.316. The SMILES string of the molecule is COCCNS(=O)(=O)c1ccc(OCC(=O)NCc2ccccc2OC)cc1. The molecular formula is C19H24N2O6S. The molecule has 0 radical (unpaired) electrons. The van der Waals surface area contributed by atoms with E-state index in [1.807, 2.05) is 24.3 Å². The zero-order valence-corrected chi connectivity index (χ0v) is 16.6. The van der Waals surface area contributed by atoms with E-state index in [9.17, 15) is 13.2 Å². The molecule has 0 fully saturated rings. The lowest BCUT2D eigenvalue weighted by molar-refractivity contribution is -0.123. The van der Waals surface area contributed by atoms with Crippen molar-refractivity contribution in [3.8, 4) is 11.5 Å². The van der Waals surface area contributed by atoms with E-state index in [-0.39, 0.29) is 30.6 Å². The molecule has 0 spiro atoms. The standard InChI is InChI=1S/C19H24N2O6S/c1-25-12-11-21-28(23,24)17-9-7-16(8-10-17)27-14-19(22)20-13-15-5-3-4-6-18(15)26-2/h3-10,21H,11-14H2,1-2H3,(H,20,22). The Kier molecular flexibility index (Phi) is 8.24. The maximum atomic E-state index is 12.1. The second-order valence-corrected chi connectivity index (χ2v) is 7.51. The number of nitrogens with one attached hydrogen (secondary N) is 2. The van der Waals surface area contributed by atoms with Gasteiger partial charge in [0.2, 0.25) is 10.0 Å². The van der Waals surface area contributed by atoms with Gasteiger partial charge in [-0.05, 0) is 30.3 Å². The maximum absolute atomic E-state index is 12.1. The summed E-state index contributed by atoms with van der Waals surface area (Å²) >= 11 is 0. The Hall–Kier alpha value is -2.62. The summed E-state index contributed by atoms with van der Waals surface area (Å²) < 4.78 is 42.0. The van der Waals surface area contributed by atoms with E-state index in [4.69, 9.17) is 14.2 Å². The molecule has 9 heteroatoms. The Morgan fingerprint density at radius 2 is 1.75 bits per heavy atom. The lowest BCUT2D eigenvalue weighted by atomic mass is 10.2. The van der Waals surface area contributed by atoms with E-state index in [1.54, 1.807) is 7.11 Å². The van der Waals surface area contributed by atoms with Crippen molar-refractivity contribution in [2.24, 2.45) is 0 Å². The van der Waals surface area contributed by atoms with Gasteiger partial charge in [-0.2, -0.15) is 0 Å². The summed E-state index contributed by atoms with van der Waals surface area (Å²) in [5.74, 6) is 0.784. The maximum Gasteiger partial charge on any atom is 0.258 e. The van der Waals surface area contributed by atoms with Crippen LogP contribution in [-0.4, -0.2) is 48.3 Å². The van der Waals surface area contributed by atoms with Crippen molar-refractivity contribution in [3.05, 3.63) is 54.1 Å². The summed E-state index contributed by atoms with van der Waals surface area (Å²) in [7, 11) is -0.540. The van der Waals surface area contributed by atoms with Crippen molar-refractivity contribution in [2.75, 3.05) is 34.0 Å². The Balaban J connectivity index is 1.83. The lowest BCUT2D eigenvalue weighted by Gasteiger charge is -2.11. The van der Waals surface area contributed by atoms with Crippen LogP contribution < -0.4 is 19.5 Å². The van der Waals surface area contributed by atoms with Crippen LogP contribution in [0.1, 0.15) is 5.56 Å². The van der Waals surface area contributed by atoms with E-state index in [0.717, 1.165) is 5.56 Å². The number of hydrogen-bond donors (Lipinski definition) is 2. The highest BCUT2D eigenvalue weighted by molar-refractivity contribution is 7.89. The fourth-order valence-corrected chi connectivity index (χ4v) is 3.33. The first kappa shape index (κ1) is 21.7. The Bertz CT molecular complexity index is 868. The monoisotopic (exact) mass is 408 g/mol. The highest BCUT2D eigenvalue weighted by Gasteiger charge is 2.13. The minimum atomic E-state index is -3.60. The molecule has 0 aliphatic rings. The van der Waals surface area contributed by atoms with Gasteiger partial charge >= 0.3 is 0 Å². The number of sulfonamides is 1. The molecule has 0 atom stereocenters. The van der Waals surface area contributed by atoms with Crippen molar-refractivity contribution in [1.82, 2.24) is 10.0 Å². The van der Waals surface area contributed by atoms with Gasteiger partial charge in [0.25, 0.3) is 5.91 Å². The quantitative estimate of drug-likeness (QED) is 0.544. The van der Waals surface area contributed by atoms with Crippen molar-refractivity contribution < 1.29 is 27.4 Å². The number of carbonyl (C=O) groups is 1. The average molecular weight is 408 g/mol. The number of amides is 1.